The van der Waals surface area contributed by atoms with Gasteiger partial charge in [0.15, 0.2) is 5.82 Å². The first-order valence-corrected chi connectivity index (χ1v) is 2.36. The summed E-state index contributed by atoms with van der Waals surface area (Å²) < 4.78 is 23.3. The van der Waals surface area contributed by atoms with Gasteiger partial charge in [0.2, 0.25) is 0 Å². The van der Waals surface area contributed by atoms with Crippen LogP contribution in [0.25, 0.3) is 0 Å². The van der Waals surface area contributed by atoms with Crippen molar-refractivity contribution in [1.82, 2.24) is 9.97 Å². The Kier molecular flexibility index (Phi) is 1.67. The Balaban J connectivity index is 2.85. The van der Waals surface area contributed by atoms with Crippen molar-refractivity contribution in [2.45, 2.75) is 6.43 Å². The maximum absolute atomic E-state index is 11.6. The van der Waals surface area contributed by atoms with E-state index in [0.29, 0.717) is 0 Å². The third-order valence-corrected chi connectivity index (χ3v) is 0.781. The summed E-state index contributed by atoms with van der Waals surface area (Å²) in [5, 5.41) is 0. The maximum atomic E-state index is 11.6. The summed E-state index contributed by atoms with van der Waals surface area (Å²) in [5.74, 6) is -0.419. The average molecular weight is 130 g/mol. The fourth-order valence-corrected chi connectivity index (χ4v) is 0.423. The van der Waals surface area contributed by atoms with Gasteiger partial charge in [0.1, 0.15) is 0 Å². The van der Waals surface area contributed by atoms with E-state index in [1.54, 1.807) is 0 Å². The second kappa shape index (κ2) is 2.48. The third kappa shape index (κ3) is 1.42. The van der Waals surface area contributed by atoms with Crippen molar-refractivity contribution in [2.24, 2.45) is 0 Å². The van der Waals surface area contributed by atoms with Crippen LogP contribution in [0.4, 0.5) is 8.78 Å². The van der Waals surface area contributed by atoms with Gasteiger partial charge in [-0.05, 0) is 6.07 Å². The van der Waals surface area contributed by atoms with Crippen LogP contribution >= 0.6 is 0 Å². The van der Waals surface area contributed by atoms with Crippen LogP contribution in [0.3, 0.4) is 0 Å². The molecular formula is C5H4F2N2. The van der Waals surface area contributed by atoms with Crippen molar-refractivity contribution >= 4 is 0 Å². The summed E-state index contributed by atoms with van der Waals surface area (Å²) >= 11 is 0. The highest BCUT2D eigenvalue weighted by atomic mass is 19.3. The van der Waals surface area contributed by atoms with Gasteiger partial charge in [0, 0.05) is 12.4 Å². The second-order valence-corrected chi connectivity index (χ2v) is 1.41. The lowest BCUT2D eigenvalue weighted by molar-refractivity contribution is 0.140. The number of alkyl halides is 2. The zero-order valence-corrected chi connectivity index (χ0v) is 4.46. The quantitative estimate of drug-likeness (QED) is 0.574. The lowest BCUT2D eigenvalue weighted by Crippen LogP contribution is -1.91. The van der Waals surface area contributed by atoms with Gasteiger partial charge in [0.05, 0.1) is 0 Å². The molecule has 0 aliphatic heterocycles. The van der Waals surface area contributed by atoms with E-state index in [1.807, 2.05) is 0 Å². The molecule has 0 aliphatic carbocycles. The summed E-state index contributed by atoms with van der Waals surface area (Å²) in [6, 6.07) is 1.49. The predicted molar refractivity (Wildman–Crippen MR) is 27.0 cm³/mol. The Bertz CT molecular complexity index is 176. The molecule has 0 aromatic carbocycles. The molecule has 0 unspecified atom stereocenters. The zero-order chi connectivity index (χ0) is 6.69. The minimum absolute atomic E-state index is 0.419. The molecule has 0 N–H and O–H groups in total. The molecule has 2 nitrogen and oxygen atoms in total. The first kappa shape index (κ1) is 6.07. The highest BCUT2D eigenvalue weighted by molar-refractivity contribution is 4.88. The number of hydrogen-bond donors (Lipinski definition) is 0. The largest absolute Gasteiger partial charge is 0.297 e. The van der Waals surface area contributed by atoms with Gasteiger partial charge < -0.3 is 0 Å². The fraction of sp³-hybridized carbons (Fsp3) is 0.200. The van der Waals surface area contributed by atoms with Crippen LogP contribution in [-0.2, 0) is 0 Å². The summed E-state index contributed by atoms with van der Waals surface area (Å²) in [6.07, 6.45) is 0.00870. The molecule has 1 rings (SSSR count). The molecule has 0 spiro atoms. The van der Waals surface area contributed by atoms with Crippen molar-refractivity contribution in [3.8, 4) is 0 Å². The van der Waals surface area contributed by atoms with Gasteiger partial charge in [-0.3, -0.25) is 0 Å². The Morgan fingerprint density at radius 1 is 1.22 bits per heavy atom. The molecule has 0 aliphatic rings. The van der Waals surface area contributed by atoms with Crippen molar-refractivity contribution in [2.75, 3.05) is 0 Å². The van der Waals surface area contributed by atoms with Crippen LogP contribution in [0.5, 0.6) is 0 Å². The summed E-state index contributed by atoms with van der Waals surface area (Å²) in [6.45, 7) is 0. The minimum atomic E-state index is -2.56. The molecule has 0 amide bonds. The molecule has 1 heterocycles. The van der Waals surface area contributed by atoms with E-state index in [4.69, 9.17) is 0 Å². The van der Waals surface area contributed by atoms with Crippen LogP contribution in [0.1, 0.15) is 12.2 Å². The van der Waals surface area contributed by atoms with Crippen LogP contribution in [0, 0.1) is 0 Å². The Labute approximate surface area is 50.6 Å². The number of nitrogens with zero attached hydrogens (tertiary/aromatic N) is 2. The number of hydrogen-bond acceptors (Lipinski definition) is 2. The van der Waals surface area contributed by atoms with Gasteiger partial charge >= 0.3 is 0 Å². The number of halogens is 2. The molecule has 1 aromatic heterocycles. The fourth-order valence-electron chi connectivity index (χ4n) is 0.423. The van der Waals surface area contributed by atoms with E-state index in [-0.39, 0.29) is 0 Å². The van der Waals surface area contributed by atoms with Gasteiger partial charge in [-0.25, -0.2) is 18.7 Å². The SMILES string of the molecule is FC(F)c1ncccn1. The van der Waals surface area contributed by atoms with E-state index in [9.17, 15) is 8.78 Å². The first-order chi connectivity index (χ1) is 4.30. The molecular weight excluding hydrogens is 126 g/mol. The summed E-state index contributed by atoms with van der Waals surface area (Å²) in [5.41, 5.74) is 0. The molecule has 0 radical (unpaired) electrons. The van der Waals surface area contributed by atoms with Crippen LogP contribution in [0.2, 0.25) is 0 Å². The van der Waals surface area contributed by atoms with E-state index >= 15 is 0 Å². The third-order valence-electron chi connectivity index (χ3n) is 0.781. The zero-order valence-electron chi connectivity index (χ0n) is 4.46. The van der Waals surface area contributed by atoms with Crippen molar-refractivity contribution < 1.29 is 8.78 Å². The maximum Gasteiger partial charge on any atom is 0.297 e. The number of aromatic nitrogens is 2. The molecule has 0 saturated carbocycles. The predicted octanol–water partition coefficient (Wildman–Crippen LogP) is 1.41. The van der Waals surface area contributed by atoms with Crippen molar-refractivity contribution in [1.29, 1.82) is 0 Å². The monoisotopic (exact) mass is 130 g/mol. The van der Waals surface area contributed by atoms with Crippen LogP contribution < -0.4 is 0 Å². The van der Waals surface area contributed by atoms with E-state index in [1.165, 1.54) is 18.5 Å². The van der Waals surface area contributed by atoms with Gasteiger partial charge in [-0.2, -0.15) is 0 Å². The van der Waals surface area contributed by atoms with Gasteiger partial charge in [0.25, 0.3) is 6.43 Å². The highest BCUT2D eigenvalue weighted by Crippen LogP contribution is 2.11. The molecule has 9 heavy (non-hydrogen) atoms. The molecule has 48 valence electrons. The molecule has 0 fully saturated rings. The normalized spacial score (nSPS) is 10.1. The Hall–Kier alpha value is -1.06. The summed E-state index contributed by atoms with van der Waals surface area (Å²) in [7, 11) is 0. The molecule has 4 heteroatoms. The van der Waals surface area contributed by atoms with Crippen LogP contribution in [-0.4, -0.2) is 9.97 Å². The van der Waals surface area contributed by atoms with Crippen molar-refractivity contribution in [3.63, 3.8) is 0 Å². The minimum Gasteiger partial charge on any atom is -0.236 e. The first-order valence-electron chi connectivity index (χ1n) is 2.36. The molecule has 0 bridgehead atoms. The van der Waals surface area contributed by atoms with Crippen LogP contribution in [0.15, 0.2) is 18.5 Å². The molecule has 0 atom stereocenters. The van der Waals surface area contributed by atoms with E-state index in [0.717, 1.165) is 0 Å². The molecule has 0 saturated heterocycles. The van der Waals surface area contributed by atoms with E-state index < -0.39 is 12.2 Å². The topological polar surface area (TPSA) is 25.8 Å². The van der Waals surface area contributed by atoms with Gasteiger partial charge in [-0.1, -0.05) is 0 Å². The van der Waals surface area contributed by atoms with E-state index in [2.05, 4.69) is 9.97 Å². The van der Waals surface area contributed by atoms with Gasteiger partial charge in [-0.15, -0.1) is 0 Å². The standard InChI is InChI=1S/C5H4F2N2/c6-4(7)5-8-2-1-3-9-5/h1-4H. The summed E-state index contributed by atoms with van der Waals surface area (Å²) in [4.78, 5) is 6.63. The van der Waals surface area contributed by atoms with Crippen molar-refractivity contribution in [3.05, 3.63) is 24.3 Å². The highest BCUT2D eigenvalue weighted by Gasteiger charge is 2.07. The average Bonchev–Trinajstić information content (AvgIpc) is 1.90. The Morgan fingerprint density at radius 3 is 2.11 bits per heavy atom. The lowest BCUT2D eigenvalue weighted by atomic mass is 10.6. The lowest BCUT2D eigenvalue weighted by Gasteiger charge is -1.92. The Morgan fingerprint density at radius 2 is 1.78 bits per heavy atom. The molecule has 1 aromatic rings. The second-order valence-electron chi connectivity index (χ2n) is 1.41. The smallest absolute Gasteiger partial charge is 0.236 e. The number of rotatable bonds is 1.